The summed E-state index contributed by atoms with van der Waals surface area (Å²) in [6.07, 6.45) is 5.64. The fourth-order valence-corrected chi connectivity index (χ4v) is 2.68. The van der Waals surface area contributed by atoms with E-state index in [1.165, 1.54) is 0 Å². The molecule has 5 heteroatoms. The Morgan fingerprint density at radius 2 is 2.31 bits per heavy atom. The average molecular weight is 221 g/mol. The molecule has 1 aliphatic carbocycles. The van der Waals surface area contributed by atoms with Gasteiger partial charge in [0.25, 0.3) is 0 Å². The minimum absolute atomic E-state index is 0.165. The summed E-state index contributed by atoms with van der Waals surface area (Å²) in [7, 11) is 0. The molecule has 86 valence electrons. The number of aliphatic carboxylic acids is 1. The maximum absolute atomic E-state index is 11.0. The standard InChI is InChI=1S/C11H15N3O2/c15-11(16)8-1-2-9(8)14-6-5-13-4-3-12-10(13)7-14/h3-4,8-9H,1-2,5-7H2,(H,15,16). The molecule has 1 aromatic heterocycles. The number of carboxylic acids is 1. The van der Waals surface area contributed by atoms with Crippen LogP contribution in [0.5, 0.6) is 0 Å². The molecule has 0 saturated heterocycles. The van der Waals surface area contributed by atoms with Crippen molar-refractivity contribution in [3.63, 3.8) is 0 Å². The molecule has 1 saturated carbocycles. The van der Waals surface area contributed by atoms with Crippen molar-refractivity contribution >= 4 is 5.97 Å². The van der Waals surface area contributed by atoms with Gasteiger partial charge in [-0.1, -0.05) is 0 Å². The van der Waals surface area contributed by atoms with Gasteiger partial charge in [-0.15, -0.1) is 0 Å². The Bertz CT molecular complexity index is 415. The number of imidazole rings is 1. The quantitative estimate of drug-likeness (QED) is 0.793. The second-order valence-electron chi connectivity index (χ2n) is 4.60. The van der Waals surface area contributed by atoms with E-state index in [1.807, 2.05) is 12.4 Å². The Morgan fingerprint density at radius 1 is 1.44 bits per heavy atom. The van der Waals surface area contributed by atoms with Crippen LogP contribution in [0.3, 0.4) is 0 Å². The van der Waals surface area contributed by atoms with E-state index in [2.05, 4.69) is 14.5 Å². The van der Waals surface area contributed by atoms with Gasteiger partial charge in [0.15, 0.2) is 0 Å². The summed E-state index contributed by atoms with van der Waals surface area (Å²) in [5.74, 6) is 0.244. The highest BCUT2D eigenvalue weighted by atomic mass is 16.4. The fraction of sp³-hybridized carbons (Fsp3) is 0.636. The molecule has 0 amide bonds. The van der Waals surface area contributed by atoms with Crippen LogP contribution < -0.4 is 0 Å². The van der Waals surface area contributed by atoms with Crippen molar-refractivity contribution in [2.24, 2.45) is 5.92 Å². The Labute approximate surface area is 93.7 Å². The maximum Gasteiger partial charge on any atom is 0.308 e. The van der Waals surface area contributed by atoms with Crippen molar-refractivity contribution in [3.8, 4) is 0 Å². The Hall–Kier alpha value is -1.36. The summed E-state index contributed by atoms with van der Waals surface area (Å²) in [6, 6.07) is 0.225. The monoisotopic (exact) mass is 221 g/mol. The molecular weight excluding hydrogens is 206 g/mol. The summed E-state index contributed by atoms with van der Waals surface area (Å²) in [6.45, 7) is 2.66. The van der Waals surface area contributed by atoms with Crippen LogP contribution in [0, 0.1) is 5.92 Å². The summed E-state index contributed by atoms with van der Waals surface area (Å²) < 4.78 is 2.14. The van der Waals surface area contributed by atoms with E-state index in [-0.39, 0.29) is 12.0 Å². The van der Waals surface area contributed by atoms with E-state index in [4.69, 9.17) is 5.11 Å². The van der Waals surface area contributed by atoms with Crippen molar-refractivity contribution in [2.45, 2.75) is 32.0 Å². The van der Waals surface area contributed by atoms with Crippen molar-refractivity contribution in [1.29, 1.82) is 0 Å². The van der Waals surface area contributed by atoms with Gasteiger partial charge in [0, 0.05) is 31.5 Å². The van der Waals surface area contributed by atoms with E-state index in [0.29, 0.717) is 0 Å². The first-order chi connectivity index (χ1) is 7.75. The van der Waals surface area contributed by atoms with Crippen LogP contribution in [0.2, 0.25) is 0 Å². The zero-order chi connectivity index (χ0) is 11.1. The van der Waals surface area contributed by atoms with Crippen molar-refractivity contribution in [2.75, 3.05) is 6.54 Å². The Kier molecular flexibility index (Phi) is 2.21. The number of carbonyl (C=O) groups is 1. The molecule has 2 heterocycles. The minimum atomic E-state index is -0.648. The van der Waals surface area contributed by atoms with E-state index >= 15 is 0 Å². The fourth-order valence-electron chi connectivity index (χ4n) is 2.68. The lowest BCUT2D eigenvalue weighted by molar-refractivity contribution is -0.149. The van der Waals surface area contributed by atoms with Gasteiger partial charge in [0.05, 0.1) is 12.5 Å². The maximum atomic E-state index is 11.0. The van der Waals surface area contributed by atoms with E-state index in [0.717, 1.165) is 38.3 Å². The molecule has 3 rings (SSSR count). The van der Waals surface area contributed by atoms with Crippen LogP contribution in [0.4, 0.5) is 0 Å². The van der Waals surface area contributed by atoms with Gasteiger partial charge < -0.3 is 9.67 Å². The lowest BCUT2D eigenvalue weighted by atomic mass is 9.78. The number of aromatic nitrogens is 2. The van der Waals surface area contributed by atoms with Gasteiger partial charge in [0.1, 0.15) is 5.82 Å². The minimum Gasteiger partial charge on any atom is -0.481 e. The lowest BCUT2D eigenvalue weighted by Crippen LogP contribution is -2.52. The molecular formula is C11H15N3O2. The van der Waals surface area contributed by atoms with E-state index < -0.39 is 5.97 Å². The van der Waals surface area contributed by atoms with Crippen LogP contribution in [0.1, 0.15) is 18.7 Å². The highest BCUT2D eigenvalue weighted by Crippen LogP contribution is 2.34. The van der Waals surface area contributed by atoms with Gasteiger partial charge in [-0.25, -0.2) is 4.98 Å². The van der Waals surface area contributed by atoms with Crippen LogP contribution in [0.25, 0.3) is 0 Å². The normalized spacial score (nSPS) is 29.5. The summed E-state index contributed by atoms with van der Waals surface area (Å²) in [5, 5.41) is 9.04. The van der Waals surface area contributed by atoms with Crippen LogP contribution in [-0.4, -0.2) is 38.1 Å². The van der Waals surface area contributed by atoms with E-state index in [9.17, 15) is 4.79 Å². The second kappa shape index (κ2) is 3.59. The molecule has 0 bridgehead atoms. The first-order valence-corrected chi connectivity index (χ1v) is 5.72. The number of hydrogen-bond acceptors (Lipinski definition) is 3. The molecule has 1 aromatic rings. The third-order valence-corrected chi connectivity index (χ3v) is 3.80. The first-order valence-electron chi connectivity index (χ1n) is 5.72. The molecule has 2 atom stereocenters. The average Bonchev–Trinajstić information content (AvgIpc) is 2.61. The van der Waals surface area contributed by atoms with Gasteiger partial charge in [-0.2, -0.15) is 0 Å². The van der Waals surface area contributed by atoms with Crippen LogP contribution in [-0.2, 0) is 17.9 Å². The Balaban J connectivity index is 1.72. The molecule has 1 fully saturated rings. The number of fused-ring (bicyclic) bond motifs is 1. The molecule has 16 heavy (non-hydrogen) atoms. The highest BCUT2D eigenvalue weighted by molar-refractivity contribution is 5.72. The molecule has 0 spiro atoms. The van der Waals surface area contributed by atoms with Crippen LogP contribution in [0.15, 0.2) is 12.4 Å². The highest BCUT2D eigenvalue weighted by Gasteiger charge is 2.41. The molecule has 0 aromatic carbocycles. The summed E-state index contributed by atoms with van der Waals surface area (Å²) >= 11 is 0. The first kappa shape index (κ1) is 9.84. The van der Waals surface area contributed by atoms with Crippen molar-refractivity contribution in [3.05, 3.63) is 18.2 Å². The van der Waals surface area contributed by atoms with E-state index in [1.54, 1.807) is 0 Å². The number of carboxylic acid groups (broad SMARTS) is 1. The largest absolute Gasteiger partial charge is 0.481 e. The zero-order valence-corrected chi connectivity index (χ0v) is 9.04. The van der Waals surface area contributed by atoms with Crippen molar-refractivity contribution < 1.29 is 9.90 Å². The SMILES string of the molecule is O=C(O)C1CCC1N1CCn2ccnc2C1. The molecule has 0 radical (unpaired) electrons. The number of nitrogens with zero attached hydrogens (tertiary/aromatic N) is 3. The topological polar surface area (TPSA) is 58.4 Å². The zero-order valence-electron chi connectivity index (χ0n) is 9.04. The smallest absolute Gasteiger partial charge is 0.308 e. The Morgan fingerprint density at radius 3 is 3.00 bits per heavy atom. The van der Waals surface area contributed by atoms with Gasteiger partial charge in [0.2, 0.25) is 0 Å². The van der Waals surface area contributed by atoms with Gasteiger partial charge >= 0.3 is 5.97 Å². The molecule has 2 aliphatic rings. The second-order valence-corrected chi connectivity index (χ2v) is 4.60. The summed E-state index contributed by atoms with van der Waals surface area (Å²) in [5.41, 5.74) is 0. The molecule has 5 nitrogen and oxygen atoms in total. The lowest BCUT2D eigenvalue weighted by Gasteiger charge is -2.43. The third-order valence-electron chi connectivity index (χ3n) is 3.80. The van der Waals surface area contributed by atoms with Crippen molar-refractivity contribution in [1.82, 2.24) is 14.5 Å². The molecule has 2 unspecified atom stereocenters. The van der Waals surface area contributed by atoms with Crippen LogP contribution >= 0.6 is 0 Å². The molecule has 1 aliphatic heterocycles. The number of rotatable bonds is 2. The number of hydrogen-bond donors (Lipinski definition) is 1. The van der Waals surface area contributed by atoms with Gasteiger partial charge in [-0.3, -0.25) is 9.69 Å². The third kappa shape index (κ3) is 1.43. The van der Waals surface area contributed by atoms with Gasteiger partial charge in [-0.05, 0) is 12.8 Å². The molecule has 1 N–H and O–H groups in total. The predicted octanol–water partition coefficient (Wildman–Crippen LogP) is 0.562. The predicted molar refractivity (Wildman–Crippen MR) is 56.8 cm³/mol. The summed E-state index contributed by atoms with van der Waals surface area (Å²) in [4.78, 5) is 17.5.